The van der Waals surface area contributed by atoms with Crippen LogP contribution in [0.1, 0.15) is 59.7 Å². The average molecular weight is 225 g/mol. The van der Waals surface area contributed by atoms with Gasteiger partial charge in [-0.15, -0.1) is 0 Å². The van der Waals surface area contributed by atoms with Gasteiger partial charge in [-0.05, 0) is 6.42 Å². The second-order valence-electron chi connectivity index (χ2n) is 3.56. The number of hydrogen-bond donors (Lipinski definition) is 1. The monoisotopic (exact) mass is 225 g/mol. The normalized spacial score (nSPS) is 9.40. The maximum atomic E-state index is 9.80. The van der Waals surface area contributed by atoms with Crippen LogP contribution in [-0.4, -0.2) is 13.0 Å². The molecule has 0 unspecified atom stereocenters. The first-order valence-corrected chi connectivity index (χ1v) is 5.72. The SMILES string of the molecule is CCCCCCCCCCONC=O.[H-].[Na+]. The van der Waals surface area contributed by atoms with E-state index < -0.39 is 0 Å². The second-order valence-corrected chi connectivity index (χ2v) is 3.56. The summed E-state index contributed by atoms with van der Waals surface area (Å²) in [6.07, 6.45) is 10.8. The molecule has 0 bridgehead atoms. The topological polar surface area (TPSA) is 38.3 Å². The Hall–Kier alpha value is 0.430. The van der Waals surface area contributed by atoms with Crippen molar-refractivity contribution in [3.05, 3.63) is 0 Å². The zero-order valence-electron chi connectivity index (χ0n) is 11.3. The van der Waals surface area contributed by atoms with Gasteiger partial charge in [0.2, 0.25) is 6.41 Å². The molecule has 86 valence electrons. The molecule has 0 fully saturated rings. The van der Waals surface area contributed by atoms with Crippen LogP contribution in [0.5, 0.6) is 0 Å². The van der Waals surface area contributed by atoms with E-state index in [1.807, 2.05) is 0 Å². The van der Waals surface area contributed by atoms with Crippen molar-refractivity contribution in [2.45, 2.75) is 58.3 Å². The van der Waals surface area contributed by atoms with Gasteiger partial charge in [0.1, 0.15) is 0 Å². The molecule has 3 nitrogen and oxygen atoms in total. The zero-order chi connectivity index (χ0) is 10.5. The summed E-state index contributed by atoms with van der Waals surface area (Å²) in [5, 5.41) is 0. The van der Waals surface area contributed by atoms with Crippen LogP contribution < -0.4 is 35.0 Å². The molecule has 0 saturated heterocycles. The Balaban J connectivity index is -0.000000845. The average Bonchev–Trinajstić information content (AvgIpc) is 2.21. The van der Waals surface area contributed by atoms with Gasteiger partial charge in [-0.1, -0.05) is 51.9 Å². The van der Waals surface area contributed by atoms with E-state index in [9.17, 15) is 4.79 Å². The fourth-order valence-electron chi connectivity index (χ4n) is 1.40. The molecule has 0 saturated carbocycles. The molecule has 0 radical (unpaired) electrons. The van der Waals surface area contributed by atoms with Crippen molar-refractivity contribution in [1.82, 2.24) is 5.48 Å². The van der Waals surface area contributed by atoms with Crippen LogP contribution in [0.15, 0.2) is 0 Å². The molecule has 4 heteroatoms. The first-order valence-electron chi connectivity index (χ1n) is 5.72. The zero-order valence-corrected chi connectivity index (χ0v) is 12.3. The van der Waals surface area contributed by atoms with Crippen LogP contribution in [0.4, 0.5) is 0 Å². The molecule has 0 aliphatic carbocycles. The van der Waals surface area contributed by atoms with Crippen LogP contribution in [0.3, 0.4) is 0 Å². The van der Waals surface area contributed by atoms with Gasteiger partial charge in [-0.2, -0.15) is 0 Å². The molecule has 0 aliphatic rings. The van der Waals surface area contributed by atoms with Crippen molar-refractivity contribution in [2.75, 3.05) is 6.61 Å². The standard InChI is InChI=1S/C11H23NO2.Na.H/c1-2-3-4-5-6-7-8-9-10-14-12-11-13;;/h11H,2-10H2,1H3,(H,12,13);;/q;+1;-1. The van der Waals surface area contributed by atoms with E-state index in [4.69, 9.17) is 4.84 Å². The summed E-state index contributed by atoms with van der Waals surface area (Å²) in [5.74, 6) is 0. The predicted octanol–water partition coefficient (Wildman–Crippen LogP) is -0.0788. The molecule has 1 N–H and O–H groups in total. The number of hydroxylamine groups is 1. The van der Waals surface area contributed by atoms with E-state index >= 15 is 0 Å². The molecule has 0 rings (SSSR count). The first-order chi connectivity index (χ1) is 6.91. The van der Waals surface area contributed by atoms with Crippen molar-refractivity contribution in [3.63, 3.8) is 0 Å². The molecule has 0 atom stereocenters. The molecule has 0 aliphatic heterocycles. The van der Waals surface area contributed by atoms with Crippen LogP contribution in [0.2, 0.25) is 0 Å². The third-order valence-corrected chi connectivity index (χ3v) is 2.23. The summed E-state index contributed by atoms with van der Waals surface area (Å²) in [6.45, 7) is 2.87. The maximum Gasteiger partial charge on any atom is 1.00 e. The number of carbonyl (C=O) groups excluding carboxylic acids is 1. The van der Waals surface area contributed by atoms with E-state index in [0.29, 0.717) is 13.0 Å². The van der Waals surface area contributed by atoms with Crippen molar-refractivity contribution in [1.29, 1.82) is 0 Å². The quantitative estimate of drug-likeness (QED) is 0.231. The van der Waals surface area contributed by atoms with Crippen LogP contribution >= 0.6 is 0 Å². The van der Waals surface area contributed by atoms with Gasteiger partial charge in [0.05, 0.1) is 6.61 Å². The number of hydrogen-bond acceptors (Lipinski definition) is 2. The van der Waals surface area contributed by atoms with E-state index in [0.717, 1.165) is 6.42 Å². The van der Waals surface area contributed by atoms with Gasteiger partial charge >= 0.3 is 29.6 Å². The maximum absolute atomic E-state index is 9.80. The van der Waals surface area contributed by atoms with E-state index in [-0.39, 0.29) is 31.0 Å². The van der Waals surface area contributed by atoms with Gasteiger partial charge in [-0.25, -0.2) is 5.48 Å². The van der Waals surface area contributed by atoms with Crippen LogP contribution in [-0.2, 0) is 9.63 Å². The number of amides is 1. The number of nitrogens with one attached hydrogen (secondary N) is 1. The minimum Gasteiger partial charge on any atom is -1.00 e. The molecular formula is C11H24NNaO2. The van der Waals surface area contributed by atoms with Crippen LogP contribution in [0.25, 0.3) is 0 Å². The molecular weight excluding hydrogens is 201 g/mol. The first kappa shape index (κ1) is 17.8. The molecule has 0 spiro atoms. The fraction of sp³-hybridized carbons (Fsp3) is 0.909. The Morgan fingerprint density at radius 1 is 1.07 bits per heavy atom. The summed E-state index contributed by atoms with van der Waals surface area (Å²) in [6, 6.07) is 0. The Bertz CT molecular complexity index is 129. The minimum absolute atomic E-state index is 0. The fourth-order valence-corrected chi connectivity index (χ4v) is 1.40. The summed E-state index contributed by atoms with van der Waals surface area (Å²) in [7, 11) is 0. The number of carbonyl (C=O) groups is 1. The predicted molar refractivity (Wildman–Crippen MR) is 58.9 cm³/mol. The summed E-state index contributed by atoms with van der Waals surface area (Å²) >= 11 is 0. The third-order valence-electron chi connectivity index (χ3n) is 2.23. The number of unbranched alkanes of at least 4 members (excludes halogenated alkanes) is 7. The molecule has 0 aromatic heterocycles. The van der Waals surface area contributed by atoms with Crippen molar-refractivity contribution < 1.29 is 40.6 Å². The van der Waals surface area contributed by atoms with Crippen molar-refractivity contribution in [3.8, 4) is 0 Å². The van der Waals surface area contributed by atoms with Gasteiger partial charge < -0.3 is 1.43 Å². The largest absolute Gasteiger partial charge is 1.00 e. The molecule has 0 aromatic carbocycles. The van der Waals surface area contributed by atoms with E-state index in [1.165, 1.54) is 44.9 Å². The smallest absolute Gasteiger partial charge is 1.00 e. The summed E-state index contributed by atoms with van der Waals surface area (Å²) in [5.41, 5.74) is 2.19. The van der Waals surface area contributed by atoms with E-state index in [2.05, 4.69) is 12.4 Å². The minimum atomic E-state index is 0. The Kier molecular flexibility index (Phi) is 20.0. The van der Waals surface area contributed by atoms with Crippen LogP contribution in [0, 0.1) is 0 Å². The molecule has 0 aromatic rings. The summed E-state index contributed by atoms with van der Waals surface area (Å²) < 4.78 is 0. The molecule has 0 heterocycles. The third kappa shape index (κ3) is 17.1. The molecule has 1 amide bonds. The van der Waals surface area contributed by atoms with Crippen molar-refractivity contribution in [2.24, 2.45) is 0 Å². The van der Waals surface area contributed by atoms with Gasteiger partial charge in [0.25, 0.3) is 0 Å². The van der Waals surface area contributed by atoms with Gasteiger partial charge in [0.15, 0.2) is 0 Å². The van der Waals surface area contributed by atoms with Gasteiger partial charge in [-0.3, -0.25) is 9.63 Å². The second kappa shape index (κ2) is 16.8. The van der Waals surface area contributed by atoms with Crippen molar-refractivity contribution >= 4 is 6.41 Å². The Morgan fingerprint density at radius 3 is 2.13 bits per heavy atom. The summed E-state index contributed by atoms with van der Waals surface area (Å²) in [4.78, 5) is 14.6. The Labute approximate surface area is 117 Å². The van der Waals surface area contributed by atoms with E-state index in [1.54, 1.807) is 0 Å². The van der Waals surface area contributed by atoms with Gasteiger partial charge in [0, 0.05) is 0 Å². The Morgan fingerprint density at radius 2 is 1.60 bits per heavy atom. The number of rotatable bonds is 11. The molecule has 15 heavy (non-hydrogen) atoms.